The summed E-state index contributed by atoms with van der Waals surface area (Å²) in [5.74, 6) is 1.44. The largest absolute Gasteiger partial charge is 0.490 e. The lowest BCUT2D eigenvalue weighted by Crippen LogP contribution is -2.15. The van der Waals surface area contributed by atoms with Crippen molar-refractivity contribution in [1.82, 2.24) is 5.16 Å². The van der Waals surface area contributed by atoms with Gasteiger partial charge < -0.3 is 9.26 Å². The molecular weight excluding hydrogens is 290 g/mol. The van der Waals surface area contributed by atoms with Crippen LogP contribution < -0.4 is 10.3 Å². The number of aromatic amines is 1. The molecule has 3 aromatic rings. The maximum Gasteiger partial charge on any atom is 0.280 e. The summed E-state index contributed by atoms with van der Waals surface area (Å²) in [6, 6.07) is 17.4. The molecule has 1 N–H and O–H groups in total. The van der Waals surface area contributed by atoms with Gasteiger partial charge in [-0.2, -0.15) is 5.16 Å². The van der Waals surface area contributed by atoms with E-state index in [1.165, 1.54) is 17.2 Å². The monoisotopic (exact) mass is 309 g/mol. The van der Waals surface area contributed by atoms with E-state index in [1.54, 1.807) is 0 Å². The minimum Gasteiger partial charge on any atom is -0.490 e. The summed E-state index contributed by atoms with van der Waals surface area (Å²) < 4.78 is 11.1. The van der Waals surface area contributed by atoms with Gasteiger partial charge in [-0.1, -0.05) is 36.4 Å². The number of benzene rings is 2. The molecule has 3 rings (SSSR count). The van der Waals surface area contributed by atoms with Crippen molar-refractivity contribution in [2.24, 2.45) is 0 Å². The minimum atomic E-state index is -0.232. The fraction of sp³-hybridized carbons (Fsp3) is 0.211. The summed E-state index contributed by atoms with van der Waals surface area (Å²) in [5.41, 5.74) is 3.00. The van der Waals surface area contributed by atoms with E-state index in [0.29, 0.717) is 5.76 Å². The van der Waals surface area contributed by atoms with Crippen LogP contribution in [0, 0.1) is 6.92 Å². The second-order valence-electron chi connectivity index (χ2n) is 5.72. The molecule has 1 heterocycles. The first-order chi connectivity index (χ1) is 11.1. The Balaban J connectivity index is 1.64. The summed E-state index contributed by atoms with van der Waals surface area (Å²) in [4.78, 5) is 11.1. The van der Waals surface area contributed by atoms with Gasteiger partial charge in [-0.05, 0) is 37.1 Å². The van der Waals surface area contributed by atoms with E-state index in [1.807, 2.05) is 42.5 Å². The summed E-state index contributed by atoms with van der Waals surface area (Å²) in [6.45, 7) is 4.11. The van der Waals surface area contributed by atoms with E-state index >= 15 is 0 Å². The van der Waals surface area contributed by atoms with Crippen LogP contribution in [0.15, 0.2) is 63.9 Å². The molecule has 1 atom stereocenters. The van der Waals surface area contributed by atoms with Gasteiger partial charge in [0, 0.05) is 12.0 Å². The number of hydrogen-bond acceptors (Lipinski definition) is 3. The van der Waals surface area contributed by atoms with Crippen LogP contribution in [0.2, 0.25) is 0 Å². The Bertz CT molecular complexity index is 830. The van der Waals surface area contributed by atoms with Crippen molar-refractivity contribution in [3.63, 3.8) is 0 Å². The predicted octanol–water partition coefficient (Wildman–Crippen LogP) is 3.95. The Labute approximate surface area is 134 Å². The summed E-state index contributed by atoms with van der Waals surface area (Å²) in [6.07, 6.45) is 0.888. The smallest absolute Gasteiger partial charge is 0.280 e. The maximum atomic E-state index is 11.1. The van der Waals surface area contributed by atoms with Crippen molar-refractivity contribution >= 4 is 0 Å². The molecule has 0 amide bonds. The average molecular weight is 309 g/mol. The lowest BCUT2D eigenvalue weighted by molar-refractivity contribution is 0.222. The van der Waals surface area contributed by atoms with Crippen LogP contribution in [-0.2, 0) is 6.42 Å². The zero-order valence-electron chi connectivity index (χ0n) is 13.2. The Morgan fingerprint density at radius 2 is 1.91 bits per heavy atom. The van der Waals surface area contributed by atoms with Crippen LogP contribution in [0.25, 0.3) is 11.3 Å². The van der Waals surface area contributed by atoms with Crippen LogP contribution in [-0.4, -0.2) is 11.3 Å². The van der Waals surface area contributed by atoms with Gasteiger partial charge in [-0.25, -0.2) is 0 Å². The van der Waals surface area contributed by atoms with E-state index < -0.39 is 0 Å². The average Bonchev–Trinajstić information content (AvgIpc) is 2.94. The summed E-state index contributed by atoms with van der Waals surface area (Å²) in [5, 5.41) is 2.30. The molecule has 0 saturated heterocycles. The van der Waals surface area contributed by atoms with Crippen molar-refractivity contribution in [3.05, 3.63) is 76.1 Å². The van der Waals surface area contributed by atoms with Gasteiger partial charge in [0.2, 0.25) is 0 Å². The summed E-state index contributed by atoms with van der Waals surface area (Å²) in [7, 11) is 0. The molecule has 0 radical (unpaired) electrons. The molecule has 0 aliphatic rings. The third-order valence-corrected chi connectivity index (χ3v) is 3.61. The SMILES string of the molecule is Cc1cccc(OC(C)Cc2ccc(-c3cc(=O)[nH]o3)cc2)c1. The number of aryl methyl sites for hydroxylation is 1. The van der Waals surface area contributed by atoms with Crippen LogP contribution in [0.5, 0.6) is 5.75 Å². The number of hydrogen-bond donors (Lipinski definition) is 1. The third-order valence-electron chi connectivity index (χ3n) is 3.61. The topological polar surface area (TPSA) is 55.2 Å². The highest BCUT2D eigenvalue weighted by Gasteiger charge is 2.08. The molecule has 4 nitrogen and oxygen atoms in total. The lowest BCUT2D eigenvalue weighted by atomic mass is 10.1. The number of nitrogens with one attached hydrogen (secondary N) is 1. The van der Waals surface area contributed by atoms with Gasteiger partial charge >= 0.3 is 0 Å². The molecular formula is C19H19NO3. The molecule has 0 bridgehead atoms. The highest BCUT2D eigenvalue weighted by molar-refractivity contribution is 5.56. The Morgan fingerprint density at radius 3 is 2.57 bits per heavy atom. The molecule has 4 heteroatoms. The van der Waals surface area contributed by atoms with Crippen molar-refractivity contribution in [1.29, 1.82) is 0 Å². The highest BCUT2D eigenvalue weighted by Crippen LogP contribution is 2.20. The summed E-state index contributed by atoms with van der Waals surface area (Å²) >= 11 is 0. The Kier molecular flexibility index (Phi) is 4.33. The van der Waals surface area contributed by atoms with Gasteiger partial charge in [0.25, 0.3) is 5.56 Å². The normalized spacial score (nSPS) is 12.1. The first kappa shape index (κ1) is 15.2. The van der Waals surface area contributed by atoms with Crippen LogP contribution in [0.1, 0.15) is 18.1 Å². The molecule has 1 unspecified atom stereocenters. The molecule has 2 aromatic carbocycles. The molecule has 0 saturated carbocycles. The van der Waals surface area contributed by atoms with E-state index in [4.69, 9.17) is 9.26 Å². The first-order valence-corrected chi connectivity index (χ1v) is 7.61. The van der Waals surface area contributed by atoms with Crippen molar-refractivity contribution in [2.75, 3.05) is 0 Å². The zero-order valence-corrected chi connectivity index (χ0v) is 13.2. The maximum absolute atomic E-state index is 11.1. The van der Waals surface area contributed by atoms with E-state index in [0.717, 1.165) is 17.7 Å². The van der Waals surface area contributed by atoms with E-state index in [2.05, 4.69) is 25.1 Å². The third kappa shape index (κ3) is 3.92. The fourth-order valence-electron chi connectivity index (χ4n) is 2.53. The highest BCUT2D eigenvalue weighted by atomic mass is 16.5. The van der Waals surface area contributed by atoms with Gasteiger partial charge in [0.1, 0.15) is 5.75 Å². The van der Waals surface area contributed by atoms with Gasteiger partial charge in [-0.3, -0.25) is 4.79 Å². The van der Waals surface area contributed by atoms with Crippen LogP contribution >= 0.6 is 0 Å². The second-order valence-corrected chi connectivity index (χ2v) is 5.72. The molecule has 118 valence electrons. The van der Waals surface area contributed by atoms with Gasteiger partial charge in [0.05, 0.1) is 12.2 Å². The van der Waals surface area contributed by atoms with Crippen LogP contribution in [0.4, 0.5) is 0 Å². The second kappa shape index (κ2) is 6.57. The molecule has 1 aromatic heterocycles. The van der Waals surface area contributed by atoms with E-state index in [-0.39, 0.29) is 11.7 Å². The minimum absolute atomic E-state index is 0.0767. The number of rotatable bonds is 5. The van der Waals surface area contributed by atoms with Crippen molar-refractivity contribution in [2.45, 2.75) is 26.4 Å². The molecule has 0 spiro atoms. The van der Waals surface area contributed by atoms with Gasteiger partial charge in [-0.15, -0.1) is 0 Å². The van der Waals surface area contributed by atoms with Crippen molar-refractivity contribution < 1.29 is 9.26 Å². The number of ether oxygens (including phenoxy) is 1. The standard InChI is InChI=1S/C19H19NO3/c1-13-4-3-5-17(10-13)22-14(2)11-15-6-8-16(9-7-15)18-12-19(21)20-23-18/h3-10,12,14H,11H2,1-2H3,(H,20,21). The molecule has 0 aliphatic carbocycles. The lowest BCUT2D eigenvalue weighted by Gasteiger charge is -2.15. The van der Waals surface area contributed by atoms with E-state index in [9.17, 15) is 4.79 Å². The van der Waals surface area contributed by atoms with Crippen LogP contribution in [0.3, 0.4) is 0 Å². The molecule has 23 heavy (non-hydrogen) atoms. The zero-order chi connectivity index (χ0) is 16.2. The van der Waals surface area contributed by atoms with Gasteiger partial charge in [0.15, 0.2) is 5.76 Å². The van der Waals surface area contributed by atoms with Crippen molar-refractivity contribution in [3.8, 4) is 17.1 Å². The number of aromatic nitrogens is 1. The Morgan fingerprint density at radius 1 is 1.13 bits per heavy atom. The first-order valence-electron chi connectivity index (χ1n) is 7.61. The fourth-order valence-corrected chi connectivity index (χ4v) is 2.53. The molecule has 0 fully saturated rings. The Hall–Kier alpha value is -2.75. The number of H-pyrrole nitrogens is 1. The molecule has 0 aliphatic heterocycles. The quantitative estimate of drug-likeness (QED) is 0.776. The predicted molar refractivity (Wildman–Crippen MR) is 89.7 cm³/mol.